The molecular weight excluding hydrogens is 410 g/mol. The number of carbonyl (C=O) groups is 1. The lowest BCUT2D eigenvalue weighted by molar-refractivity contribution is 0.0937. The summed E-state index contributed by atoms with van der Waals surface area (Å²) in [5.41, 5.74) is 5.20. The number of fused-ring (bicyclic) bond motifs is 1. The Morgan fingerprint density at radius 3 is 2.52 bits per heavy atom. The Hall–Kier alpha value is -3.60. The lowest BCUT2D eigenvalue weighted by atomic mass is 10.1. The highest BCUT2D eigenvalue weighted by molar-refractivity contribution is 5.94. The third kappa shape index (κ3) is 5.43. The predicted molar refractivity (Wildman–Crippen MR) is 133 cm³/mol. The first kappa shape index (κ1) is 22.6. The Balaban J connectivity index is 1.41. The molecular formula is C28H31N3O2. The summed E-state index contributed by atoms with van der Waals surface area (Å²) in [7, 11) is 0. The van der Waals surface area contributed by atoms with Crippen LogP contribution in [0.2, 0.25) is 0 Å². The molecule has 0 aliphatic rings. The Bertz CT molecular complexity index is 1230. The molecule has 0 spiro atoms. The molecule has 0 aliphatic carbocycles. The number of unbranched alkanes of at least 4 members (excludes halogenated alkanes) is 1. The van der Waals surface area contributed by atoms with Gasteiger partial charge in [-0.25, -0.2) is 4.98 Å². The van der Waals surface area contributed by atoms with E-state index in [2.05, 4.69) is 41.9 Å². The van der Waals surface area contributed by atoms with E-state index in [1.54, 1.807) is 0 Å². The number of aromatic nitrogens is 2. The summed E-state index contributed by atoms with van der Waals surface area (Å²) in [5.74, 6) is 1.70. The fraction of sp³-hybridized carbons (Fsp3) is 0.286. The van der Waals surface area contributed by atoms with Crippen LogP contribution in [0.5, 0.6) is 5.75 Å². The van der Waals surface area contributed by atoms with Crippen molar-refractivity contribution in [2.45, 2.75) is 46.2 Å². The lowest BCUT2D eigenvalue weighted by Crippen LogP contribution is -2.28. The molecule has 1 N–H and O–H groups in total. The third-order valence-electron chi connectivity index (χ3n) is 5.98. The zero-order chi connectivity index (χ0) is 23.2. The zero-order valence-corrected chi connectivity index (χ0v) is 19.5. The number of nitrogens with one attached hydrogen (secondary N) is 1. The first-order valence-electron chi connectivity index (χ1n) is 11.5. The summed E-state index contributed by atoms with van der Waals surface area (Å²) < 4.78 is 8.17. The first-order valence-corrected chi connectivity index (χ1v) is 11.5. The standard InChI is InChI=1S/C28H31N3O2/c1-20-15-16-24(19-21(20)2)33-18-10-9-17-31-26-14-8-7-13-25(26)30-27(31)22(3)29-28(32)23-11-5-4-6-12-23/h4-8,11-16,19,22H,9-10,17-18H2,1-3H3,(H,29,32). The molecule has 4 aromatic rings. The van der Waals surface area contributed by atoms with E-state index >= 15 is 0 Å². The number of ether oxygens (including phenoxy) is 1. The maximum atomic E-state index is 12.7. The number of hydrogen-bond donors (Lipinski definition) is 1. The summed E-state index contributed by atoms with van der Waals surface area (Å²) >= 11 is 0. The maximum Gasteiger partial charge on any atom is 0.251 e. The molecule has 1 aromatic heterocycles. The van der Waals surface area contributed by atoms with Gasteiger partial charge in [-0.2, -0.15) is 0 Å². The van der Waals surface area contributed by atoms with Crippen LogP contribution >= 0.6 is 0 Å². The minimum atomic E-state index is -0.211. The number of carbonyl (C=O) groups excluding carboxylic acids is 1. The summed E-state index contributed by atoms with van der Waals surface area (Å²) in [5, 5.41) is 3.10. The monoisotopic (exact) mass is 441 g/mol. The molecule has 33 heavy (non-hydrogen) atoms. The van der Waals surface area contributed by atoms with Gasteiger partial charge in [0.15, 0.2) is 0 Å². The summed E-state index contributed by atoms with van der Waals surface area (Å²) in [6.45, 7) is 7.69. The number of amides is 1. The van der Waals surface area contributed by atoms with Gasteiger partial charge >= 0.3 is 0 Å². The van der Waals surface area contributed by atoms with Gasteiger partial charge in [0.25, 0.3) is 5.91 Å². The van der Waals surface area contributed by atoms with Crippen molar-refractivity contribution in [3.05, 3.63) is 95.3 Å². The van der Waals surface area contributed by atoms with Crippen molar-refractivity contribution in [3.8, 4) is 5.75 Å². The van der Waals surface area contributed by atoms with Crippen molar-refractivity contribution < 1.29 is 9.53 Å². The molecule has 1 amide bonds. The van der Waals surface area contributed by atoms with Crippen LogP contribution in [0, 0.1) is 13.8 Å². The van der Waals surface area contributed by atoms with E-state index in [-0.39, 0.29) is 11.9 Å². The van der Waals surface area contributed by atoms with Gasteiger partial charge in [-0.15, -0.1) is 0 Å². The van der Waals surface area contributed by atoms with Gasteiger partial charge in [-0.05, 0) is 81.1 Å². The number of para-hydroxylation sites is 2. The van der Waals surface area contributed by atoms with Crippen LogP contribution in [0.1, 0.15) is 53.1 Å². The minimum Gasteiger partial charge on any atom is -0.494 e. The summed E-state index contributed by atoms with van der Waals surface area (Å²) in [6.07, 6.45) is 1.89. The molecule has 170 valence electrons. The summed E-state index contributed by atoms with van der Waals surface area (Å²) in [4.78, 5) is 17.5. The molecule has 4 rings (SSSR count). The number of imidazole rings is 1. The second-order valence-corrected chi connectivity index (χ2v) is 8.47. The average Bonchev–Trinajstić information content (AvgIpc) is 3.20. The molecule has 0 saturated carbocycles. The molecule has 0 aliphatic heterocycles. The topological polar surface area (TPSA) is 56.1 Å². The minimum absolute atomic E-state index is 0.0940. The van der Waals surface area contributed by atoms with Crippen molar-refractivity contribution in [2.75, 3.05) is 6.61 Å². The van der Waals surface area contributed by atoms with Crippen LogP contribution in [0.25, 0.3) is 11.0 Å². The van der Waals surface area contributed by atoms with Crippen LogP contribution in [-0.2, 0) is 6.54 Å². The largest absolute Gasteiger partial charge is 0.494 e. The van der Waals surface area contributed by atoms with E-state index in [1.807, 2.05) is 61.5 Å². The second kappa shape index (κ2) is 10.3. The smallest absolute Gasteiger partial charge is 0.251 e. The average molecular weight is 442 g/mol. The molecule has 1 atom stereocenters. The maximum absolute atomic E-state index is 12.7. The van der Waals surface area contributed by atoms with Crippen LogP contribution in [-0.4, -0.2) is 22.1 Å². The number of aryl methyl sites for hydroxylation is 3. The molecule has 1 heterocycles. The Morgan fingerprint density at radius 1 is 0.970 bits per heavy atom. The third-order valence-corrected chi connectivity index (χ3v) is 5.98. The molecule has 5 nitrogen and oxygen atoms in total. The molecule has 5 heteroatoms. The van der Waals surface area contributed by atoms with Crippen molar-refractivity contribution >= 4 is 16.9 Å². The van der Waals surface area contributed by atoms with E-state index in [4.69, 9.17) is 9.72 Å². The molecule has 0 saturated heterocycles. The van der Waals surface area contributed by atoms with Crippen LogP contribution < -0.4 is 10.1 Å². The highest BCUT2D eigenvalue weighted by atomic mass is 16.5. The van der Waals surface area contributed by atoms with Gasteiger partial charge in [0.1, 0.15) is 11.6 Å². The van der Waals surface area contributed by atoms with E-state index in [9.17, 15) is 4.79 Å². The number of benzene rings is 3. The van der Waals surface area contributed by atoms with Crippen molar-refractivity contribution in [3.63, 3.8) is 0 Å². The Morgan fingerprint density at radius 2 is 1.73 bits per heavy atom. The van der Waals surface area contributed by atoms with Gasteiger partial charge in [-0.1, -0.05) is 36.4 Å². The molecule has 0 radical (unpaired) electrons. The first-order chi connectivity index (χ1) is 16.0. The summed E-state index contributed by atoms with van der Waals surface area (Å²) in [6, 6.07) is 23.4. The predicted octanol–water partition coefficient (Wildman–Crippen LogP) is 6.00. The fourth-order valence-electron chi connectivity index (χ4n) is 3.96. The van der Waals surface area contributed by atoms with Crippen LogP contribution in [0.4, 0.5) is 0 Å². The lowest BCUT2D eigenvalue weighted by Gasteiger charge is -2.16. The normalized spacial score (nSPS) is 12.0. The molecule has 0 fully saturated rings. The molecule has 0 bridgehead atoms. The SMILES string of the molecule is Cc1ccc(OCCCCn2c(C(C)NC(=O)c3ccccc3)nc3ccccc32)cc1C. The molecule has 3 aromatic carbocycles. The van der Waals surface area contributed by atoms with Crippen LogP contribution in [0.15, 0.2) is 72.8 Å². The molecule has 1 unspecified atom stereocenters. The van der Waals surface area contributed by atoms with Gasteiger partial charge in [0.05, 0.1) is 23.7 Å². The van der Waals surface area contributed by atoms with Gasteiger partial charge in [0.2, 0.25) is 0 Å². The number of nitrogens with zero attached hydrogens (tertiary/aromatic N) is 2. The zero-order valence-electron chi connectivity index (χ0n) is 19.5. The van der Waals surface area contributed by atoms with E-state index in [0.29, 0.717) is 12.2 Å². The van der Waals surface area contributed by atoms with Crippen LogP contribution in [0.3, 0.4) is 0 Å². The van der Waals surface area contributed by atoms with E-state index in [1.165, 1.54) is 11.1 Å². The van der Waals surface area contributed by atoms with Crippen molar-refractivity contribution in [1.82, 2.24) is 14.9 Å². The van der Waals surface area contributed by atoms with E-state index in [0.717, 1.165) is 42.0 Å². The highest BCUT2D eigenvalue weighted by Gasteiger charge is 2.18. The Labute approximate surface area is 195 Å². The Kier molecular flexibility index (Phi) is 7.08. The quantitative estimate of drug-likeness (QED) is 0.324. The van der Waals surface area contributed by atoms with Crippen molar-refractivity contribution in [2.24, 2.45) is 0 Å². The van der Waals surface area contributed by atoms with Gasteiger partial charge in [0, 0.05) is 12.1 Å². The second-order valence-electron chi connectivity index (χ2n) is 8.47. The van der Waals surface area contributed by atoms with Gasteiger partial charge in [-0.3, -0.25) is 4.79 Å². The number of rotatable bonds is 9. The van der Waals surface area contributed by atoms with Crippen molar-refractivity contribution in [1.29, 1.82) is 0 Å². The fourth-order valence-corrected chi connectivity index (χ4v) is 3.96. The highest BCUT2D eigenvalue weighted by Crippen LogP contribution is 2.22. The number of hydrogen-bond acceptors (Lipinski definition) is 3. The van der Waals surface area contributed by atoms with E-state index < -0.39 is 0 Å². The van der Waals surface area contributed by atoms with Gasteiger partial charge < -0.3 is 14.6 Å².